The molecule has 2 aliphatic heterocycles. The van der Waals surface area contributed by atoms with Gasteiger partial charge < -0.3 is 9.80 Å². The maximum absolute atomic E-state index is 2.58. The number of hydrogen-bond acceptors (Lipinski definition) is 2. The molecular formula is C57H59BN2. The van der Waals surface area contributed by atoms with Crippen LogP contribution in [0.15, 0.2) is 140 Å². The molecule has 3 heteroatoms. The highest BCUT2D eigenvalue weighted by atomic mass is 15.2. The molecule has 0 bridgehead atoms. The van der Waals surface area contributed by atoms with Crippen LogP contribution in [0.3, 0.4) is 0 Å². The maximum atomic E-state index is 2.58. The van der Waals surface area contributed by atoms with Crippen molar-refractivity contribution >= 4 is 57.2 Å². The fraction of sp³-hybridized carbons (Fsp3) is 0.263. The Morgan fingerprint density at radius 2 is 0.900 bits per heavy atom. The lowest BCUT2D eigenvalue weighted by Gasteiger charge is -2.45. The summed E-state index contributed by atoms with van der Waals surface area (Å²) in [6.07, 6.45) is 0. The Morgan fingerprint density at radius 1 is 0.400 bits per heavy atom. The largest absolute Gasteiger partial charge is 0.311 e. The van der Waals surface area contributed by atoms with Gasteiger partial charge in [-0.25, -0.2) is 0 Å². The Kier molecular flexibility index (Phi) is 9.36. The van der Waals surface area contributed by atoms with Gasteiger partial charge in [0.05, 0.1) is 0 Å². The number of benzene rings is 7. The van der Waals surface area contributed by atoms with Crippen molar-refractivity contribution < 1.29 is 0 Å². The lowest BCUT2D eigenvalue weighted by atomic mass is 9.33. The minimum atomic E-state index is -0.0180. The van der Waals surface area contributed by atoms with Crippen molar-refractivity contribution in [3.05, 3.63) is 173 Å². The SMILES string of the molecule is Cc1cc2c3c(c1)N(c1cccc(-c4cccc(-c5ccccc5C)c4C)c1)c1cc(C(C)(C)C)ccc1B3c1ccc(C(C)(C)C)cc1N2c1ccc(C(C)(C)C)cc1. The van der Waals surface area contributed by atoms with E-state index in [-0.39, 0.29) is 23.0 Å². The van der Waals surface area contributed by atoms with Crippen molar-refractivity contribution in [2.75, 3.05) is 9.80 Å². The van der Waals surface area contributed by atoms with Crippen molar-refractivity contribution in [2.24, 2.45) is 0 Å². The summed E-state index contributed by atoms with van der Waals surface area (Å²) < 4.78 is 0. The second-order valence-electron chi connectivity index (χ2n) is 20.5. The summed E-state index contributed by atoms with van der Waals surface area (Å²) in [5.74, 6) is 0. The highest BCUT2D eigenvalue weighted by Crippen LogP contribution is 2.47. The van der Waals surface area contributed by atoms with Crippen LogP contribution in [0.1, 0.15) is 95.7 Å². The van der Waals surface area contributed by atoms with Crippen molar-refractivity contribution in [3.63, 3.8) is 0 Å². The molecule has 0 N–H and O–H groups in total. The third-order valence-corrected chi connectivity index (χ3v) is 13.1. The number of hydrogen-bond donors (Lipinski definition) is 0. The van der Waals surface area contributed by atoms with Crippen LogP contribution in [0.2, 0.25) is 0 Å². The predicted molar refractivity (Wildman–Crippen MR) is 262 cm³/mol. The lowest BCUT2D eigenvalue weighted by molar-refractivity contribution is 0.590. The van der Waals surface area contributed by atoms with Crippen LogP contribution in [-0.2, 0) is 16.2 Å². The van der Waals surface area contributed by atoms with E-state index in [0.29, 0.717) is 0 Å². The summed E-state index contributed by atoms with van der Waals surface area (Å²) in [5.41, 5.74) is 24.4. The molecule has 0 amide bonds. The summed E-state index contributed by atoms with van der Waals surface area (Å²) in [6, 6.07) is 53.6. The average molecular weight is 783 g/mol. The second kappa shape index (κ2) is 14.2. The molecule has 60 heavy (non-hydrogen) atoms. The Labute approximate surface area is 360 Å². The molecule has 300 valence electrons. The smallest absolute Gasteiger partial charge is 0.252 e. The Hall–Kier alpha value is -5.80. The molecule has 0 spiro atoms. The molecular weight excluding hydrogens is 723 g/mol. The van der Waals surface area contributed by atoms with Gasteiger partial charge in [-0.1, -0.05) is 153 Å². The zero-order valence-electron chi connectivity index (χ0n) is 37.8. The monoisotopic (exact) mass is 782 g/mol. The number of rotatable bonds is 4. The molecule has 0 fully saturated rings. The molecule has 7 aromatic carbocycles. The standard InChI is InChI=1S/C57H59BN2/c1-36-31-52-54-53(32-36)60(44-19-15-18-39(33-44)46-21-16-22-47(38(46)3)45-20-14-13-17-37(45)2)51-35-42(57(10,11)12)26-30-49(51)58(54)48-29-25-41(56(7,8)9)34-50(48)59(52)43-27-23-40(24-28-43)55(4,5)6/h13-35H,1-12H3. The zero-order chi connectivity index (χ0) is 42.5. The first-order chi connectivity index (χ1) is 28.4. The average Bonchev–Trinajstić information content (AvgIpc) is 3.19. The second-order valence-corrected chi connectivity index (χ2v) is 20.5. The number of anilines is 6. The lowest BCUT2D eigenvalue weighted by Crippen LogP contribution is -2.61. The summed E-state index contributed by atoms with van der Waals surface area (Å²) >= 11 is 0. The third-order valence-electron chi connectivity index (χ3n) is 13.1. The zero-order valence-corrected chi connectivity index (χ0v) is 37.8. The van der Waals surface area contributed by atoms with Crippen LogP contribution in [0, 0.1) is 20.8 Å². The van der Waals surface area contributed by atoms with Crippen molar-refractivity contribution in [3.8, 4) is 22.3 Å². The van der Waals surface area contributed by atoms with Crippen LogP contribution in [0.5, 0.6) is 0 Å². The van der Waals surface area contributed by atoms with Gasteiger partial charge in [-0.05, 0) is 158 Å². The van der Waals surface area contributed by atoms with Gasteiger partial charge in [-0.15, -0.1) is 0 Å². The van der Waals surface area contributed by atoms with Gasteiger partial charge in [-0.2, -0.15) is 0 Å². The van der Waals surface area contributed by atoms with Crippen LogP contribution in [0.25, 0.3) is 22.3 Å². The molecule has 2 nitrogen and oxygen atoms in total. The molecule has 0 atom stereocenters. The van der Waals surface area contributed by atoms with Crippen molar-refractivity contribution in [1.29, 1.82) is 0 Å². The molecule has 0 aliphatic carbocycles. The van der Waals surface area contributed by atoms with E-state index in [9.17, 15) is 0 Å². The molecule has 0 saturated heterocycles. The molecule has 0 saturated carbocycles. The van der Waals surface area contributed by atoms with Crippen molar-refractivity contribution in [2.45, 2.75) is 99.3 Å². The van der Waals surface area contributed by atoms with E-state index in [1.165, 1.54) is 106 Å². The molecule has 0 radical (unpaired) electrons. The minimum Gasteiger partial charge on any atom is -0.311 e. The van der Waals surface area contributed by atoms with E-state index >= 15 is 0 Å². The quantitative estimate of drug-likeness (QED) is 0.164. The summed E-state index contributed by atoms with van der Waals surface area (Å²) in [4.78, 5) is 5.13. The molecule has 0 aromatic heterocycles. The Bertz CT molecular complexity index is 2810. The van der Waals surface area contributed by atoms with E-state index in [0.717, 1.165) is 0 Å². The highest BCUT2D eigenvalue weighted by Gasteiger charge is 2.44. The van der Waals surface area contributed by atoms with E-state index in [1.807, 2.05) is 0 Å². The molecule has 2 aliphatic rings. The maximum Gasteiger partial charge on any atom is 0.252 e. The van der Waals surface area contributed by atoms with Crippen LogP contribution < -0.4 is 26.2 Å². The first kappa shape index (κ1) is 39.7. The predicted octanol–water partition coefficient (Wildman–Crippen LogP) is 13.9. The summed E-state index contributed by atoms with van der Waals surface area (Å²) in [6.45, 7) is 27.7. The number of aryl methyl sites for hydroxylation is 2. The number of nitrogens with zero attached hydrogens (tertiary/aromatic N) is 2. The van der Waals surface area contributed by atoms with Crippen LogP contribution in [-0.4, -0.2) is 6.71 Å². The van der Waals surface area contributed by atoms with E-state index in [1.54, 1.807) is 0 Å². The normalized spacial score (nSPS) is 13.6. The number of fused-ring (bicyclic) bond motifs is 4. The van der Waals surface area contributed by atoms with Gasteiger partial charge in [0.1, 0.15) is 0 Å². The Morgan fingerprint density at radius 3 is 1.47 bits per heavy atom. The van der Waals surface area contributed by atoms with Gasteiger partial charge in [-0.3, -0.25) is 0 Å². The molecule has 2 heterocycles. The van der Waals surface area contributed by atoms with Crippen molar-refractivity contribution in [1.82, 2.24) is 0 Å². The first-order valence-electron chi connectivity index (χ1n) is 21.8. The molecule has 0 unspecified atom stereocenters. The van der Waals surface area contributed by atoms with Gasteiger partial charge in [0.2, 0.25) is 0 Å². The fourth-order valence-electron chi connectivity index (χ4n) is 9.65. The molecule has 9 rings (SSSR count). The van der Waals surface area contributed by atoms with Gasteiger partial charge >= 0.3 is 0 Å². The van der Waals surface area contributed by atoms with E-state index in [4.69, 9.17) is 0 Å². The summed E-state index contributed by atoms with van der Waals surface area (Å²) in [5, 5.41) is 0. The van der Waals surface area contributed by atoms with E-state index in [2.05, 4.69) is 232 Å². The summed E-state index contributed by atoms with van der Waals surface area (Å²) in [7, 11) is 0. The van der Waals surface area contributed by atoms with Crippen LogP contribution >= 0.6 is 0 Å². The molecule has 7 aromatic rings. The first-order valence-corrected chi connectivity index (χ1v) is 21.8. The third kappa shape index (κ3) is 6.67. The topological polar surface area (TPSA) is 6.48 Å². The van der Waals surface area contributed by atoms with Gasteiger partial charge in [0, 0.05) is 34.1 Å². The van der Waals surface area contributed by atoms with Gasteiger partial charge in [0.25, 0.3) is 6.71 Å². The minimum absolute atomic E-state index is 0.000525. The van der Waals surface area contributed by atoms with Gasteiger partial charge in [0.15, 0.2) is 0 Å². The highest BCUT2D eigenvalue weighted by molar-refractivity contribution is 7.00. The van der Waals surface area contributed by atoms with Crippen LogP contribution in [0.4, 0.5) is 34.1 Å². The Balaban J connectivity index is 1.30. The fourth-order valence-corrected chi connectivity index (χ4v) is 9.65. The van der Waals surface area contributed by atoms with E-state index < -0.39 is 0 Å².